The van der Waals surface area contributed by atoms with Gasteiger partial charge in [-0.1, -0.05) is 30.8 Å². The van der Waals surface area contributed by atoms with Crippen LogP contribution < -0.4 is 15.8 Å². The van der Waals surface area contributed by atoms with Gasteiger partial charge in [0, 0.05) is 42.4 Å². The summed E-state index contributed by atoms with van der Waals surface area (Å²) in [7, 11) is 0. The van der Waals surface area contributed by atoms with Crippen LogP contribution in [0.4, 0.5) is 10.5 Å². The number of hydrogen-bond donors (Lipinski definition) is 2. The molecule has 1 atom stereocenters. The number of rotatable bonds is 5. The van der Waals surface area contributed by atoms with E-state index in [0.717, 1.165) is 53.9 Å². The van der Waals surface area contributed by atoms with E-state index in [-0.39, 0.29) is 6.23 Å². The summed E-state index contributed by atoms with van der Waals surface area (Å²) < 4.78 is 13.3. The van der Waals surface area contributed by atoms with E-state index in [1.165, 1.54) is 23.2 Å². The van der Waals surface area contributed by atoms with Crippen molar-refractivity contribution >= 4 is 34.5 Å². The molecule has 3 aliphatic rings. The maximum Gasteiger partial charge on any atom is 0.419 e. The van der Waals surface area contributed by atoms with Crippen LogP contribution in [0.2, 0.25) is 0 Å². The zero-order valence-corrected chi connectivity index (χ0v) is 23.0. The van der Waals surface area contributed by atoms with Gasteiger partial charge in [0.15, 0.2) is 0 Å². The Hall–Kier alpha value is -3.75. The molecule has 1 aromatic heterocycles. The SMILES string of the molecule is C=Cc1cc2ccc(CN3C=C(c4cccc5c4CNN5C4CCCCO4)NC3)cc2n1C(=O)OC(C)(C)C. The van der Waals surface area contributed by atoms with E-state index in [9.17, 15) is 4.79 Å². The molecule has 0 saturated carbocycles. The monoisotopic (exact) mass is 527 g/mol. The summed E-state index contributed by atoms with van der Waals surface area (Å²) >= 11 is 0. The average molecular weight is 528 g/mol. The van der Waals surface area contributed by atoms with Gasteiger partial charge in [-0.05, 0) is 69.9 Å². The largest absolute Gasteiger partial charge is 0.443 e. The van der Waals surface area contributed by atoms with Crippen molar-refractivity contribution in [1.82, 2.24) is 20.2 Å². The van der Waals surface area contributed by atoms with Gasteiger partial charge in [-0.2, -0.15) is 0 Å². The molecule has 204 valence electrons. The Morgan fingerprint density at radius 3 is 2.85 bits per heavy atom. The van der Waals surface area contributed by atoms with Gasteiger partial charge in [0.2, 0.25) is 0 Å². The molecule has 1 unspecified atom stereocenters. The van der Waals surface area contributed by atoms with E-state index in [1.807, 2.05) is 26.8 Å². The Morgan fingerprint density at radius 2 is 2.08 bits per heavy atom. The molecule has 0 bridgehead atoms. The van der Waals surface area contributed by atoms with Gasteiger partial charge >= 0.3 is 6.09 Å². The first kappa shape index (κ1) is 25.5. The molecule has 0 radical (unpaired) electrons. The highest BCUT2D eigenvalue weighted by atomic mass is 16.6. The zero-order valence-electron chi connectivity index (χ0n) is 23.0. The first-order valence-electron chi connectivity index (χ1n) is 13.8. The molecule has 2 N–H and O–H groups in total. The molecule has 3 aromatic rings. The standard InChI is InChI=1S/C31H37N5O3/c1-5-23-16-22-13-12-21(15-28(22)35(23)30(37)39-31(2,3)4)18-34-19-26(32-20-34)24-9-8-10-27-25(24)17-33-36(27)29-11-6-7-14-38-29/h5,8-10,12-13,15-16,19,29,32-33H,1,6-7,11,14,17-18,20H2,2-4H3. The fourth-order valence-corrected chi connectivity index (χ4v) is 5.66. The van der Waals surface area contributed by atoms with Gasteiger partial charge in [0.25, 0.3) is 0 Å². The summed E-state index contributed by atoms with van der Waals surface area (Å²) in [6.07, 6.45) is 6.96. The highest BCUT2D eigenvalue weighted by Gasteiger charge is 2.30. The minimum Gasteiger partial charge on any atom is -0.443 e. The van der Waals surface area contributed by atoms with Crippen LogP contribution in [0.25, 0.3) is 22.7 Å². The summed E-state index contributed by atoms with van der Waals surface area (Å²) in [4.78, 5) is 15.3. The van der Waals surface area contributed by atoms with Crippen molar-refractivity contribution in [3.05, 3.63) is 77.6 Å². The molecule has 1 fully saturated rings. The number of carbonyl (C=O) groups is 1. The summed E-state index contributed by atoms with van der Waals surface area (Å²) in [5.74, 6) is 0. The van der Waals surface area contributed by atoms with Crippen molar-refractivity contribution in [3.8, 4) is 0 Å². The van der Waals surface area contributed by atoms with E-state index in [2.05, 4.69) is 69.8 Å². The number of hydrazine groups is 1. The van der Waals surface area contributed by atoms with Crippen molar-refractivity contribution in [2.75, 3.05) is 18.3 Å². The normalized spacial score (nSPS) is 19.2. The number of benzene rings is 2. The third-order valence-electron chi connectivity index (χ3n) is 7.42. The minimum absolute atomic E-state index is 0.0911. The molecule has 4 heterocycles. The Balaban J connectivity index is 1.23. The molecule has 0 spiro atoms. The molecular weight excluding hydrogens is 490 g/mol. The summed E-state index contributed by atoms with van der Waals surface area (Å²) in [5, 5.41) is 6.78. The second-order valence-corrected chi connectivity index (χ2v) is 11.4. The van der Waals surface area contributed by atoms with Gasteiger partial charge < -0.3 is 19.7 Å². The number of carbonyl (C=O) groups excluding carboxylic acids is 1. The summed E-state index contributed by atoms with van der Waals surface area (Å²) in [5.41, 5.74) is 10.5. The van der Waals surface area contributed by atoms with Crippen LogP contribution in [-0.4, -0.2) is 40.7 Å². The van der Waals surface area contributed by atoms with Crippen molar-refractivity contribution in [2.45, 2.75) is 65.0 Å². The smallest absolute Gasteiger partial charge is 0.419 e. The van der Waals surface area contributed by atoms with Crippen molar-refractivity contribution in [2.24, 2.45) is 0 Å². The number of nitrogens with one attached hydrogen (secondary N) is 2. The number of aromatic nitrogens is 1. The molecule has 3 aliphatic heterocycles. The third kappa shape index (κ3) is 5.02. The van der Waals surface area contributed by atoms with Gasteiger partial charge in [0.1, 0.15) is 11.8 Å². The average Bonchev–Trinajstić information content (AvgIpc) is 3.64. The number of nitrogens with zero attached hydrogens (tertiary/aromatic N) is 3. The molecule has 8 heteroatoms. The molecule has 0 aliphatic carbocycles. The van der Waals surface area contributed by atoms with Crippen LogP contribution >= 0.6 is 0 Å². The number of ether oxygens (including phenoxy) is 2. The molecular formula is C31H37N5O3. The Bertz CT molecular complexity index is 1440. The minimum atomic E-state index is -0.584. The maximum absolute atomic E-state index is 13.0. The second-order valence-electron chi connectivity index (χ2n) is 11.4. The molecule has 1 saturated heterocycles. The first-order chi connectivity index (χ1) is 18.8. The van der Waals surface area contributed by atoms with Crippen molar-refractivity contribution in [1.29, 1.82) is 0 Å². The van der Waals surface area contributed by atoms with Crippen LogP contribution in [0.15, 0.2) is 55.2 Å². The lowest BCUT2D eigenvalue weighted by Crippen LogP contribution is -2.44. The fourth-order valence-electron chi connectivity index (χ4n) is 5.66. The van der Waals surface area contributed by atoms with Crippen LogP contribution in [0.3, 0.4) is 0 Å². The molecule has 6 rings (SSSR count). The van der Waals surface area contributed by atoms with E-state index in [0.29, 0.717) is 13.2 Å². The molecule has 39 heavy (non-hydrogen) atoms. The van der Waals surface area contributed by atoms with Crippen molar-refractivity contribution < 1.29 is 14.3 Å². The van der Waals surface area contributed by atoms with Crippen LogP contribution in [-0.2, 0) is 22.6 Å². The number of fused-ring (bicyclic) bond motifs is 2. The summed E-state index contributed by atoms with van der Waals surface area (Å²) in [6.45, 7) is 12.6. The van der Waals surface area contributed by atoms with Gasteiger partial charge in [-0.3, -0.25) is 5.01 Å². The number of anilines is 1. The van der Waals surface area contributed by atoms with E-state index in [4.69, 9.17) is 9.47 Å². The highest BCUT2D eigenvalue weighted by Crippen LogP contribution is 2.35. The van der Waals surface area contributed by atoms with Gasteiger partial charge in [-0.15, -0.1) is 0 Å². The maximum atomic E-state index is 13.0. The van der Waals surface area contributed by atoms with E-state index < -0.39 is 11.7 Å². The van der Waals surface area contributed by atoms with E-state index >= 15 is 0 Å². The molecule has 0 amide bonds. The van der Waals surface area contributed by atoms with Crippen LogP contribution in [0, 0.1) is 0 Å². The predicted octanol–water partition coefficient (Wildman–Crippen LogP) is 5.78. The second kappa shape index (κ2) is 10.1. The zero-order chi connectivity index (χ0) is 27.1. The van der Waals surface area contributed by atoms with Gasteiger partial charge in [-0.25, -0.2) is 14.8 Å². The van der Waals surface area contributed by atoms with Crippen molar-refractivity contribution in [3.63, 3.8) is 0 Å². The Labute approximate surface area is 229 Å². The number of hydrogen-bond acceptors (Lipinski definition) is 7. The lowest BCUT2D eigenvalue weighted by Gasteiger charge is -2.32. The van der Waals surface area contributed by atoms with Crippen LogP contribution in [0.1, 0.15) is 62.4 Å². The van der Waals surface area contributed by atoms with E-state index in [1.54, 1.807) is 10.6 Å². The Morgan fingerprint density at radius 1 is 1.21 bits per heavy atom. The fraction of sp³-hybridized carbons (Fsp3) is 0.387. The quantitative estimate of drug-likeness (QED) is 0.436. The summed E-state index contributed by atoms with van der Waals surface area (Å²) in [6, 6.07) is 14.7. The lowest BCUT2D eigenvalue weighted by atomic mass is 10.0. The lowest BCUT2D eigenvalue weighted by molar-refractivity contribution is 0.00928. The van der Waals surface area contributed by atoms with Crippen LogP contribution in [0.5, 0.6) is 0 Å². The highest BCUT2D eigenvalue weighted by molar-refractivity contribution is 5.93. The topological polar surface area (TPSA) is 71.0 Å². The molecule has 8 nitrogen and oxygen atoms in total. The Kier molecular flexibility index (Phi) is 6.61. The van der Waals surface area contributed by atoms with Gasteiger partial charge in [0.05, 0.1) is 29.3 Å². The third-order valence-corrected chi connectivity index (χ3v) is 7.42. The predicted molar refractivity (Wildman–Crippen MR) is 155 cm³/mol. The first-order valence-corrected chi connectivity index (χ1v) is 13.8. The molecule has 2 aromatic carbocycles.